The van der Waals surface area contributed by atoms with Gasteiger partial charge in [0.2, 0.25) is 0 Å². The molecule has 0 fully saturated rings. The molecule has 1 N–H and O–H groups in total. The third-order valence-electron chi connectivity index (χ3n) is 2.53. The van der Waals surface area contributed by atoms with Crippen molar-refractivity contribution < 1.29 is 12.4 Å². The van der Waals surface area contributed by atoms with Gasteiger partial charge in [-0.1, -0.05) is 29.8 Å². The maximum atomic E-state index is 6.08. The summed E-state index contributed by atoms with van der Waals surface area (Å²) >= 11 is 7.87. The number of halogens is 2. The molecule has 2 aromatic rings. The Bertz CT molecular complexity index is 468. The summed E-state index contributed by atoms with van der Waals surface area (Å²) in [6.07, 6.45) is 0. The zero-order valence-corrected chi connectivity index (χ0v) is 11.9. The minimum atomic E-state index is 0. The zero-order valence-electron chi connectivity index (χ0n) is 9.54. The van der Waals surface area contributed by atoms with E-state index in [-0.39, 0.29) is 12.4 Å². The molecule has 0 saturated carbocycles. The minimum Gasteiger partial charge on any atom is -1.00 e. The molecule has 1 aromatic heterocycles. The van der Waals surface area contributed by atoms with E-state index < -0.39 is 0 Å². The highest BCUT2D eigenvalue weighted by Crippen LogP contribution is 2.17. The van der Waals surface area contributed by atoms with E-state index in [2.05, 4.69) is 29.8 Å². The van der Waals surface area contributed by atoms with Gasteiger partial charge in [0.1, 0.15) is 0 Å². The van der Waals surface area contributed by atoms with Crippen LogP contribution in [0, 0.1) is 6.92 Å². The van der Waals surface area contributed by atoms with E-state index in [9.17, 15) is 0 Å². The second-order valence-corrected chi connectivity index (χ2v) is 5.13. The zero-order chi connectivity index (χ0) is 11.4. The van der Waals surface area contributed by atoms with Crippen LogP contribution in [-0.4, -0.2) is 0 Å². The lowest BCUT2D eigenvalue weighted by Crippen LogP contribution is -3.00. The van der Waals surface area contributed by atoms with E-state index in [4.69, 9.17) is 11.6 Å². The van der Waals surface area contributed by atoms with Crippen molar-refractivity contribution in [2.24, 2.45) is 0 Å². The number of thiophene rings is 1. The van der Waals surface area contributed by atoms with Gasteiger partial charge < -0.3 is 17.7 Å². The summed E-state index contributed by atoms with van der Waals surface area (Å²) in [5.41, 5.74) is 2.51. The molecule has 0 spiro atoms. The summed E-state index contributed by atoms with van der Waals surface area (Å²) in [5.74, 6) is 0. The van der Waals surface area contributed by atoms with Gasteiger partial charge in [-0.15, -0.1) is 11.3 Å². The number of hydrogen-bond donors (Lipinski definition) is 1. The lowest BCUT2D eigenvalue weighted by Gasteiger charge is -2.06. The monoisotopic (exact) mass is 286 g/mol. The fraction of sp³-hybridized carbons (Fsp3) is 0.231. The maximum absolute atomic E-state index is 6.08. The fourth-order valence-corrected chi connectivity index (χ4v) is 2.62. The van der Waals surface area contributed by atoms with Crippen molar-refractivity contribution >= 4 is 22.9 Å². The van der Waals surface area contributed by atoms with E-state index in [1.54, 1.807) is 11.3 Å². The first-order valence-electron chi connectivity index (χ1n) is 5.24. The Morgan fingerprint density at radius 3 is 2.59 bits per heavy atom. The number of benzene rings is 1. The Hall–Kier alpha value is -0.540. The summed E-state index contributed by atoms with van der Waals surface area (Å²) in [7, 11) is 0. The van der Waals surface area contributed by atoms with E-state index in [1.165, 1.54) is 10.4 Å². The lowest BCUT2D eigenvalue weighted by molar-refractivity contribution is -0.00000315. The maximum Gasteiger partial charge on any atom is 0.0450 e. The molecule has 0 amide bonds. The summed E-state index contributed by atoms with van der Waals surface area (Å²) in [4.78, 5) is 1.40. The van der Waals surface area contributed by atoms with Crippen molar-refractivity contribution in [2.45, 2.75) is 20.0 Å². The second-order valence-electron chi connectivity index (χ2n) is 3.72. The molecular weight excluding hydrogens is 273 g/mol. The standard InChI is InChI=1S/C13H14ClNS.ClH/c1-10-6-7-16-13(10)9-15-8-11-4-2-3-5-12(11)14;/h2-7,15H,8-9H2,1H3;1H/p-1. The van der Waals surface area contributed by atoms with Gasteiger partial charge in [0.25, 0.3) is 0 Å². The van der Waals surface area contributed by atoms with Gasteiger partial charge in [-0.25, -0.2) is 0 Å². The molecule has 2 rings (SSSR count). The summed E-state index contributed by atoms with van der Waals surface area (Å²) in [5, 5.41) is 6.37. The number of nitrogens with one attached hydrogen (secondary N) is 1. The average Bonchev–Trinajstić information content (AvgIpc) is 2.67. The third-order valence-corrected chi connectivity index (χ3v) is 3.92. The first-order valence-corrected chi connectivity index (χ1v) is 6.50. The van der Waals surface area contributed by atoms with Crippen LogP contribution in [0.1, 0.15) is 16.0 Å². The van der Waals surface area contributed by atoms with Crippen molar-refractivity contribution in [3.63, 3.8) is 0 Å². The predicted molar refractivity (Wildman–Crippen MR) is 71.1 cm³/mol. The Kier molecular flexibility index (Phi) is 6.00. The van der Waals surface area contributed by atoms with Gasteiger partial charge >= 0.3 is 0 Å². The molecule has 0 unspecified atom stereocenters. The van der Waals surface area contributed by atoms with Crippen LogP contribution in [0.2, 0.25) is 5.02 Å². The van der Waals surface area contributed by atoms with Crippen LogP contribution in [-0.2, 0) is 13.1 Å². The Balaban J connectivity index is 0.00000144. The Labute approximate surface area is 117 Å². The topological polar surface area (TPSA) is 12.0 Å². The molecule has 0 saturated heterocycles. The van der Waals surface area contributed by atoms with Gasteiger partial charge in [0.05, 0.1) is 0 Å². The smallest absolute Gasteiger partial charge is 0.0450 e. The minimum absolute atomic E-state index is 0. The molecule has 1 aromatic carbocycles. The second kappa shape index (κ2) is 7.02. The number of hydrogen-bond acceptors (Lipinski definition) is 2. The molecule has 0 atom stereocenters. The molecule has 17 heavy (non-hydrogen) atoms. The predicted octanol–water partition coefficient (Wildman–Crippen LogP) is 1.00. The van der Waals surface area contributed by atoms with Gasteiger partial charge in [0.15, 0.2) is 0 Å². The summed E-state index contributed by atoms with van der Waals surface area (Å²) in [6, 6.07) is 10.1. The molecule has 0 aliphatic rings. The van der Waals surface area contributed by atoms with Crippen molar-refractivity contribution in [2.75, 3.05) is 0 Å². The van der Waals surface area contributed by atoms with Gasteiger partial charge in [0, 0.05) is 23.0 Å². The Morgan fingerprint density at radius 1 is 1.18 bits per heavy atom. The summed E-state index contributed by atoms with van der Waals surface area (Å²) in [6.45, 7) is 3.87. The molecule has 0 aliphatic carbocycles. The van der Waals surface area contributed by atoms with E-state index >= 15 is 0 Å². The largest absolute Gasteiger partial charge is 1.00 e. The van der Waals surface area contributed by atoms with Crippen LogP contribution in [0.5, 0.6) is 0 Å². The SMILES string of the molecule is Cc1ccsc1CNCc1ccccc1Cl.[Cl-]. The van der Waals surface area contributed by atoms with Crippen LogP contribution >= 0.6 is 22.9 Å². The van der Waals surface area contributed by atoms with Crippen LogP contribution in [0.15, 0.2) is 35.7 Å². The molecule has 0 aliphatic heterocycles. The Morgan fingerprint density at radius 2 is 1.94 bits per heavy atom. The van der Waals surface area contributed by atoms with Crippen LogP contribution < -0.4 is 17.7 Å². The van der Waals surface area contributed by atoms with Crippen molar-refractivity contribution in [3.05, 3.63) is 56.7 Å². The third kappa shape index (κ3) is 4.00. The molecule has 1 nitrogen and oxygen atoms in total. The quantitative estimate of drug-likeness (QED) is 0.885. The van der Waals surface area contributed by atoms with Crippen LogP contribution in [0.25, 0.3) is 0 Å². The normalized spacial score (nSPS) is 10.0. The summed E-state index contributed by atoms with van der Waals surface area (Å²) < 4.78 is 0. The number of rotatable bonds is 4. The van der Waals surface area contributed by atoms with Gasteiger partial charge in [-0.2, -0.15) is 0 Å². The van der Waals surface area contributed by atoms with Gasteiger partial charge in [-0.05, 0) is 35.6 Å². The molecule has 0 radical (unpaired) electrons. The highest BCUT2D eigenvalue weighted by atomic mass is 35.5. The first-order chi connectivity index (χ1) is 7.77. The van der Waals surface area contributed by atoms with Gasteiger partial charge in [-0.3, -0.25) is 0 Å². The lowest BCUT2D eigenvalue weighted by atomic mass is 10.2. The van der Waals surface area contributed by atoms with Crippen molar-refractivity contribution in [1.82, 2.24) is 5.32 Å². The fourth-order valence-electron chi connectivity index (χ4n) is 1.54. The van der Waals surface area contributed by atoms with Crippen molar-refractivity contribution in [3.8, 4) is 0 Å². The molecular formula is C13H14Cl2NS-. The average molecular weight is 287 g/mol. The van der Waals surface area contributed by atoms with E-state index in [1.807, 2.05) is 18.2 Å². The number of aryl methyl sites for hydroxylation is 1. The first kappa shape index (κ1) is 14.5. The highest BCUT2D eigenvalue weighted by Gasteiger charge is 2.01. The molecule has 0 bridgehead atoms. The van der Waals surface area contributed by atoms with E-state index in [0.29, 0.717) is 0 Å². The highest BCUT2D eigenvalue weighted by molar-refractivity contribution is 7.10. The van der Waals surface area contributed by atoms with Crippen LogP contribution in [0.3, 0.4) is 0 Å². The molecule has 92 valence electrons. The molecule has 1 heterocycles. The van der Waals surface area contributed by atoms with Crippen molar-refractivity contribution in [1.29, 1.82) is 0 Å². The molecule has 4 heteroatoms. The van der Waals surface area contributed by atoms with Crippen LogP contribution in [0.4, 0.5) is 0 Å². The van der Waals surface area contributed by atoms with E-state index in [0.717, 1.165) is 23.7 Å².